The molecule has 0 saturated carbocycles. The van der Waals surface area contributed by atoms with E-state index in [1.807, 2.05) is 18.3 Å². The molecule has 1 atom stereocenters. The summed E-state index contributed by atoms with van der Waals surface area (Å²) in [5, 5.41) is 19.0. The molecule has 3 rings (SSSR count). The van der Waals surface area contributed by atoms with Gasteiger partial charge in [-0.3, -0.25) is 0 Å². The van der Waals surface area contributed by atoms with Crippen LogP contribution < -0.4 is 4.90 Å². The topological polar surface area (TPSA) is 65.1 Å². The Morgan fingerprint density at radius 3 is 3.00 bits per heavy atom. The molecule has 102 valence electrons. The number of hydrogen-bond acceptors (Lipinski definition) is 4. The summed E-state index contributed by atoms with van der Waals surface area (Å²) in [6, 6.07) is 7.58. The third-order valence-corrected chi connectivity index (χ3v) is 3.70. The molecule has 2 heterocycles. The Bertz CT molecular complexity index is 669. The molecule has 0 bridgehead atoms. The molecular formula is C15H16N4O. The molecule has 1 aromatic carbocycles. The largest absolute Gasteiger partial charge is 0.389 e. The van der Waals surface area contributed by atoms with Crippen LogP contribution in [0.25, 0.3) is 0 Å². The molecule has 2 aromatic rings. The number of anilines is 1. The molecule has 0 fully saturated rings. The maximum absolute atomic E-state index is 9.92. The molecule has 0 radical (unpaired) electrons. The Morgan fingerprint density at radius 1 is 1.40 bits per heavy atom. The number of benzene rings is 1. The van der Waals surface area contributed by atoms with Gasteiger partial charge in [0.05, 0.1) is 24.3 Å². The molecule has 20 heavy (non-hydrogen) atoms. The summed E-state index contributed by atoms with van der Waals surface area (Å²) in [7, 11) is 0. The minimum Gasteiger partial charge on any atom is -0.389 e. The highest BCUT2D eigenvalue weighted by Crippen LogP contribution is 2.30. The fourth-order valence-electron chi connectivity index (χ4n) is 2.62. The predicted octanol–water partition coefficient (Wildman–Crippen LogP) is 1.83. The fourth-order valence-corrected chi connectivity index (χ4v) is 2.62. The second-order valence-corrected chi connectivity index (χ2v) is 5.02. The maximum atomic E-state index is 9.92. The minimum absolute atomic E-state index is 0.556. The summed E-state index contributed by atoms with van der Waals surface area (Å²) in [5.41, 5.74) is 2.38. The van der Waals surface area contributed by atoms with Gasteiger partial charge in [0, 0.05) is 36.7 Å². The highest BCUT2D eigenvalue weighted by atomic mass is 16.3. The van der Waals surface area contributed by atoms with Crippen LogP contribution in [0.3, 0.4) is 0 Å². The van der Waals surface area contributed by atoms with Crippen LogP contribution in [0.4, 0.5) is 5.69 Å². The van der Waals surface area contributed by atoms with Crippen molar-refractivity contribution >= 4 is 5.69 Å². The highest BCUT2D eigenvalue weighted by molar-refractivity contribution is 5.58. The van der Waals surface area contributed by atoms with E-state index in [2.05, 4.69) is 20.5 Å². The summed E-state index contributed by atoms with van der Waals surface area (Å²) in [4.78, 5) is 6.52. The number of nitrogens with zero attached hydrogens (tertiary/aromatic N) is 4. The number of aliphatic hydroxyl groups is 1. The molecule has 5 heteroatoms. The van der Waals surface area contributed by atoms with Crippen LogP contribution in [0.5, 0.6) is 0 Å². The van der Waals surface area contributed by atoms with Crippen molar-refractivity contribution in [2.24, 2.45) is 0 Å². The van der Waals surface area contributed by atoms with Gasteiger partial charge in [0.15, 0.2) is 0 Å². The molecule has 1 aliphatic heterocycles. The van der Waals surface area contributed by atoms with Crippen molar-refractivity contribution in [1.82, 2.24) is 9.55 Å². The van der Waals surface area contributed by atoms with Gasteiger partial charge < -0.3 is 14.6 Å². The van der Waals surface area contributed by atoms with E-state index in [1.54, 1.807) is 19.2 Å². The van der Waals surface area contributed by atoms with E-state index in [9.17, 15) is 5.11 Å². The molecule has 0 spiro atoms. The number of fused-ring (bicyclic) bond motifs is 1. The second-order valence-electron chi connectivity index (χ2n) is 5.02. The van der Waals surface area contributed by atoms with Crippen LogP contribution in [-0.2, 0) is 13.1 Å². The van der Waals surface area contributed by atoms with Crippen molar-refractivity contribution in [2.75, 3.05) is 11.4 Å². The molecular weight excluding hydrogens is 252 g/mol. The van der Waals surface area contributed by atoms with Crippen molar-refractivity contribution in [1.29, 1.82) is 5.26 Å². The molecule has 5 nitrogen and oxygen atoms in total. The van der Waals surface area contributed by atoms with E-state index < -0.39 is 6.10 Å². The number of aromatic nitrogens is 2. The van der Waals surface area contributed by atoms with Crippen LogP contribution in [-0.4, -0.2) is 21.2 Å². The number of nitriles is 1. The van der Waals surface area contributed by atoms with Gasteiger partial charge in [-0.15, -0.1) is 0 Å². The van der Waals surface area contributed by atoms with E-state index in [0.717, 1.165) is 30.2 Å². The summed E-state index contributed by atoms with van der Waals surface area (Å²) >= 11 is 0. The van der Waals surface area contributed by atoms with Crippen molar-refractivity contribution in [3.63, 3.8) is 0 Å². The molecule has 0 aliphatic carbocycles. The van der Waals surface area contributed by atoms with Crippen molar-refractivity contribution in [3.05, 3.63) is 47.5 Å². The zero-order valence-electron chi connectivity index (χ0n) is 11.3. The monoisotopic (exact) mass is 268 g/mol. The average molecular weight is 268 g/mol. The van der Waals surface area contributed by atoms with Gasteiger partial charge in [0.25, 0.3) is 0 Å². The van der Waals surface area contributed by atoms with Crippen LogP contribution in [0.15, 0.2) is 30.6 Å². The number of hydrogen-bond donors (Lipinski definition) is 1. The van der Waals surface area contributed by atoms with Crippen molar-refractivity contribution < 1.29 is 5.11 Å². The first kappa shape index (κ1) is 12.7. The van der Waals surface area contributed by atoms with Crippen LogP contribution in [0.1, 0.15) is 30.0 Å². The molecule has 0 unspecified atom stereocenters. The lowest BCUT2D eigenvalue weighted by Gasteiger charge is -2.31. The minimum atomic E-state index is -0.556. The zero-order valence-corrected chi connectivity index (χ0v) is 11.3. The summed E-state index contributed by atoms with van der Waals surface area (Å²) < 4.78 is 2.13. The van der Waals surface area contributed by atoms with E-state index in [1.165, 1.54) is 0 Å². The SMILES string of the molecule is C[C@@H](O)c1ccc(C#N)cc1N1CCn2ccnc2C1. The lowest BCUT2D eigenvalue weighted by molar-refractivity contribution is 0.199. The van der Waals surface area contributed by atoms with Gasteiger partial charge in [-0.1, -0.05) is 6.07 Å². The summed E-state index contributed by atoms with van der Waals surface area (Å²) in [6.45, 7) is 4.15. The smallest absolute Gasteiger partial charge is 0.128 e. The standard InChI is InChI=1S/C15H16N4O/c1-11(20)13-3-2-12(9-16)8-14(13)19-7-6-18-5-4-17-15(18)10-19/h2-5,8,11,20H,6-7,10H2,1H3/t11-/m1/s1. The normalized spacial score (nSPS) is 15.6. The maximum Gasteiger partial charge on any atom is 0.128 e. The lowest BCUT2D eigenvalue weighted by atomic mass is 10.0. The molecule has 1 N–H and O–H groups in total. The Balaban J connectivity index is 1.99. The van der Waals surface area contributed by atoms with Gasteiger partial charge >= 0.3 is 0 Å². The molecule has 1 aliphatic rings. The van der Waals surface area contributed by atoms with E-state index >= 15 is 0 Å². The van der Waals surface area contributed by atoms with Gasteiger partial charge in [-0.25, -0.2) is 4.98 Å². The molecule has 1 aromatic heterocycles. The fraction of sp³-hybridized carbons (Fsp3) is 0.333. The molecule has 0 amide bonds. The average Bonchev–Trinajstić information content (AvgIpc) is 2.93. The van der Waals surface area contributed by atoms with Gasteiger partial charge in [-0.05, 0) is 19.1 Å². The second kappa shape index (κ2) is 4.99. The van der Waals surface area contributed by atoms with Gasteiger partial charge in [0.2, 0.25) is 0 Å². The first-order valence-corrected chi connectivity index (χ1v) is 6.66. The third kappa shape index (κ3) is 2.15. The van der Waals surface area contributed by atoms with E-state index in [-0.39, 0.29) is 0 Å². The van der Waals surface area contributed by atoms with E-state index in [4.69, 9.17) is 5.26 Å². The first-order chi connectivity index (χ1) is 9.69. The van der Waals surface area contributed by atoms with Crippen LogP contribution in [0, 0.1) is 11.3 Å². The predicted molar refractivity (Wildman–Crippen MR) is 75.1 cm³/mol. The third-order valence-electron chi connectivity index (χ3n) is 3.70. The van der Waals surface area contributed by atoms with Crippen molar-refractivity contribution in [2.45, 2.75) is 26.1 Å². The Hall–Kier alpha value is -2.32. The Morgan fingerprint density at radius 2 is 2.25 bits per heavy atom. The van der Waals surface area contributed by atoms with Gasteiger partial charge in [0.1, 0.15) is 5.82 Å². The number of aliphatic hydroxyl groups excluding tert-OH is 1. The summed E-state index contributed by atoms with van der Waals surface area (Å²) in [6.07, 6.45) is 3.23. The Labute approximate surface area is 117 Å². The highest BCUT2D eigenvalue weighted by Gasteiger charge is 2.21. The van der Waals surface area contributed by atoms with Crippen LogP contribution in [0.2, 0.25) is 0 Å². The van der Waals surface area contributed by atoms with Gasteiger partial charge in [-0.2, -0.15) is 5.26 Å². The number of rotatable bonds is 2. The quantitative estimate of drug-likeness (QED) is 0.902. The lowest BCUT2D eigenvalue weighted by Crippen LogP contribution is -2.34. The van der Waals surface area contributed by atoms with Crippen LogP contribution >= 0.6 is 0 Å². The first-order valence-electron chi connectivity index (χ1n) is 6.66. The Kier molecular flexibility index (Phi) is 3.17. The zero-order chi connectivity index (χ0) is 14.1. The van der Waals surface area contributed by atoms with E-state index in [0.29, 0.717) is 12.1 Å². The number of imidazole rings is 1. The summed E-state index contributed by atoms with van der Waals surface area (Å²) in [5.74, 6) is 1.01. The van der Waals surface area contributed by atoms with Crippen molar-refractivity contribution in [3.8, 4) is 6.07 Å². The molecule has 0 saturated heterocycles.